The van der Waals surface area contributed by atoms with Crippen LogP contribution in [-0.4, -0.2) is 8.07 Å². The lowest BCUT2D eigenvalue weighted by Crippen LogP contribution is -2.23. The van der Waals surface area contributed by atoms with E-state index in [4.69, 9.17) is 0 Å². The minimum absolute atomic E-state index is 0.601. The molecule has 0 aliphatic rings. The second kappa shape index (κ2) is 7.83. The number of hydrogen-bond acceptors (Lipinski definition) is 0. The molecule has 0 nitrogen and oxygen atoms in total. The lowest BCUT2D eigenvalue weighted by atomic mass is 10.2. The fourth-order valence-electron chi connectivity index (χ4n) is 2.61. The molecule has 3 aromatic carbocycles. The zero-order valence-corrected chi connectivity index (χ0v) is 16.9. The van der Waals surface area contributed by atoms with Crippen LogP contribution in [0.2, 0.25) is 19.6 Å². The van der Waals surface area contributed by atoms with E-state index >= 15 is 0 Å². The Bertz CT molecular complexity index is 844. The van der Waals surface area contributed by atoms with Crippen LogP contribution in [0.15, 0.2) is 84.9 Å². The molecule has 2 heteroatoms. The van der Waals surface area contributed by atoms with Crippen LogP contribution < -0.4 is 15.9 Å². The van der Waals surface area contributed by atoms with Crippen molar-refractivity contribution in [3.8, 4) is 11.5 Å². The summed E-state index contributed by atoms with van der Waals surface area (Å²) in [4.78, 5) is 0. The molecule has 0 saturated heterocycles. The van der Waals surface area contributed by atoms with Crippen molar-refractivity contribution < 1.29 is 0 Å². The van der Waals surface area contributed by atoms with Crippen LogP contribution in [0, 0.1) is 11.5 Å². The van der Waals surface area contributed by atoms with Gasteiger partial charge in [-0.3, -0.25) is 0 Å². The van der Waals surface area contributed by atoms with E-state index in [1.54, 1.807) is 0 Å². The molecule has 25 heavy (non-hydrogen) atoms. The van der Waals surface area contributed by atoms with Crippen LogP contribution in [0.4, 0.5) is 0 Å². The molecule has 3 aromatic rings. The first kappa shape index (κ1) is 17.7. The van der Waals surface area contributed by atoms with Gasteiger partial charge in [-0.15, -0.1) is 5.54 Å². The zero-order chi connectivity index (χ0) is 17.7. The van der Waals surface area contributed by atoms with E-state index in [0.717, 1.165) is 0 Å². The predicted molar refractivity (Wildman–Crippen MR) is 115 cm³/mol. The highest BCUT2D eigenvalue weighted by Crippen LogP contribution is 2.33. The lowest BCUT2D eigenvalue weighted by Gasteiger charge is -2.20. The SMILES string of the molecule is C[Si](C)(C)C#Cc1ccccc1P(c1ccccc1)c1ccccc1. The van der Waals surface area contributed by atoms with E-state index in [2.05, 4.69) is 116 Å². The van der Waals surface area contributed by atoms with E-state index in [1.807, 2.05) is 0 Å². The molecule has 0 aromatic heterocycles. The van der Waals surface area contributed by atoms with Crippen molar-refractivity contribution in [2.75, 3.05) is 0 Å². The van der Waals surface area contributed by atoms with Crippen molar-refractivity contribution in [1.82, 2.24) is 0 Å². The van der Waals surface area contributed by atoms with Crippen LogP contribution in [0.1, 0.15) is 5.56 Å². The summed E-state index contributed by atoms with van der Waals surface area (Å²) in [7, 11) is -2.01. The second-order valence-corrected chi connectivity index (χ2v) is 14.0. The smallest absolute Gasteiger partial charge is 0.127 e. The third-order valence-electron chi connectivity index (χ3n) is 3.75. The van der Waals surface area contributed by atoms with E-state index in [1.165, 1.54) is 21.5 Å². The maximum atomic E-state index is 3.54. The van der Waals surface area contributed by atoms with Gasteiger partial charge in [0.2, 0.25) is 0 Å². The summed E-state index contributed by atoms with van der Waals surface area (Å²) in [6.07, 6.45) is 0. The summed E-state index contributed by atoms with van der Waals surface area (Å²) in [6.45, 7) is 6.87. The Labute approximate surface area is 153 Å². The fourth-order valence-corrected chi connectivity index (χ4v) is 5.52. The number of hydrogen-bond donors (Lipinski definition) is 0. The average Bonchev–Trinajstić information content (AvgIpc) is 2.62. The van der Waals surface area contributed by atoms with Crippen molar-refractivity contribution >= 4 is 31.9 Å². The molecule has 0 spiro atoms. The molecule has 0 N–H and O–H groups in total. The molecule has 0 aliphatic heterocycles. The summed E-state index contributed by atoms with van der Waals surface area (Å²) < 4.78 is 0. The third kappa shape index (κ3) is 4.70. The van der Waals surface area contributed by atoms with E-state index in [-0.39, 0.29) is 0 Å². The maximum Gasteiger partial charge on any atom is 0.129 e. The summed E-state index contributed by atoms with van der Waals surface area (Å²) >= 11 is 0. The normalized spacial score (nSPS) is 11.0. The highest BCUT2D eigenvalue weighted by atomic mass is 31.1. The van der Waals surface area contributed by atoms with Gasteiger partial charge in [0.1, 0.15) is 8.07 Å². The van der Waals surface area contributed by atoms with Crippen molar-refractivity contribution in [3.63, 3.8) is 0 Å². The largest absolute Gasteiger partial charge is 0.129 e. The van der Waals surface area contributed by atoms with Gasteiger partial charge in [-0.2, -0.15) is 0 Å². The summed E-state index contributed by atoms with van der Waals surface area (Å²) in [6, 6.07) is 30.3. The van der Waals surface area contributed by atoms with Crippen molar-refractivity contribution in [2.24, 2.45) is 0 Å². The molecule has 0 unspecified atom stereocenters. The lowest BCUT2D eigenvalue weighted by molar-refractivity contribution is 1.69. The van der Waals surface area contributed by atoms with Gasteiger partial charge in [0.25, 0.3) is 0 Å². The van der Waals surface area contributed by atoms with Gasteiger partial charge in [0.15, 0.2) is 0 Å². The highest BCUT2D eigenvalue weighted by molar-refractivity contribution is 7.80. The van der Waals surface area contributed by atoms with Crippen LogP contribution in [-0.2, 0) is 0 Å². The first-order chi connectivity index (χ1) is 12.0. The molecule has 0 saturated carbocycles. The number of benzene rings is 3. The van der Waals surface area contributed by atoms with Gasteiger partial charge >= 0.3 is 0 Å². The molecular weight excluding hydrogens is 335 g/mol. The fraction of sp³-hybridized carbons (Fsp3) is 0.130. The quantitative estimate of drug-likeness (QED) is 0.362. The Morgan fingerprint density at radius 1 is 0.640 bits per heavy atom. The number of rotatable bonds is 3. The van der Waals surface area contributed by atoms with Gasteiger partial charge in [0, 0.05) is 10.9 Å². The topological polar surface area (TPSA) is 0 Å². The Hall–Kier alpha value is -2.13. The Kier molecular flexibility index (Phi) is 5.54. The molecule has 0 atom stereocenters. The molecular formula is C23H23PSi. The summed E-state index contributed by atoms with van der Waals surface area (Å²) in [5, 5.41) is 4.08. The van der Waals surface area contributed by atoms with Crippen LogP contribution in [0.3, 0.4) is 0 Å². The maximum absolute atomic E-state index is 3.54. The van der Waals surface area contributed by atoms with E-state index < -0.39 is 16.0 Å². The molecule has 0 radical (unpaired) electrons. The van der Waals surface area contributed by atoms with Gasteiger partial charge < -0.3 is 0 Å². The highest BCUT2D eigenvalue weighted by Gasteiger charge is 2.18. The monoisotopic (exact) mass is 358 g/mol. The van der Waals surface area contributed by atoms with Crippen molar-refractivity contribution in [1.29, 1.82) is 0 Å². The molecule has 3 rings (SSSR count). The minimum atomic E-state index is -1.41. The summed E-state index contributed by atoms with van der Waals surface area (Å²) in [5.74, 6) is 3.50. The first-order valence-electron chi connectivity index (χ1n) is 8.57. The standard InChI is InChI=1S/C23H23PSi/c1-25(2,3)19-18-20-12-10-11-17-23(20)24(21-13-6-4-7-14-21)22-15-8-5-9-16-22/h4-17H,1-3H3. The molecule has 0 amide bonds. The zero-order valence-electron chi connectivity index (χ0n) is 15.0. The van der Waals surface area contributed by atoms with Crippen LogP contribution in [0.5, 0.6) is 0 Å². The Morgan fingerprint density at radius 3 is 1.64 bits per heavy atom. The molecule has 0 bridgehead atoms. The Morgan fingerprint density at radius 2 is 1.12 bits per heavy atom. The van der Waals surface area contributed by atoms with Gasteiger partial charge in [-0.05, 0) is 24.6 Å². The van der Waals surface area contributed by atoms with E-state index in [9.17, 15) is 0 Å². The second-order valence-electron chi connectivity index (χ2n) is 7.02. The van der Waals surface area contributed by atoms with Gasteiger partial charge in [0.05, 0.1) is 0 Å². The molecule has 0 fully saturated rings. The predicted octanol–water partition coefficient (Wildman–Crippen LogP) is 4.67. The minimum Gasteiger partial charge on any atom is -0.127 e. The van der Waals surface area contributed by atoms with Crippen LogP contribution in [0.25, 0.3) is 0 Å². The van der Waals surface area contributed by atoms with Crippen molar-refractivity contribution in [2.45, 2.75) is 19.6 Å². The first-order valence-corrected chi connectivity index (χ1v) is 13.4. The molecule has 0 aliphatic carbocycles. The van der Waals surface area contributed by atoms with Crippen LogP contribution >= 0.6 is 7.92 Å². The summed E-state index contributed by atoms with van der Waals surface area (Å²) in [5.41, 5.74) is 4.71. The van der Waals surface area contributed by atoms with Crippen molar-refractivity contribution in [3.05, 3.63) is 90.5 Å². The molecule has 124 valence electrons. The average molecular weight is 358 g/mol. The third-order valence-corrected chi connectivity index (χ3v) is 7.12. The molecule has 0 heterocycles. The van der Waals surface area contributed by atoms with Gasteiger partial charge in [-0.25, -0.2) is 0 Å². The van der Waals surface area contributed by atoms with E-state index in [0.29, 0.717) is 0 Å². The Balaban J connectivity index is 2.17. The van der Waals surface area contributed by atoms with Gasteiger partial charge in [-0.1, -0.05) is 104 Å².